The number of aryl methyl sites for hydroxylation is 1. The summed E-state index contributed by atoms with van der Waals surface area (Å²) in [4.78, 5) is 37.1. The highest BCUT2D eigenvalue weighted by molar-refractivity contribution is 5.91. The lowest BCUT2D eigenvalue weighted by molar-refractivity contribution is -0.147. The number of hydrogen-bond acceptors (Lipinski definition) is 5. The minimum absolute atomic E-state index is 0.118. The van der Waals surface area contributed by atoms with E-state index < -0.39 is 23.6 Å². The average molecular weight is 251 g/mol. The Morgan fingerprint density at radius 2 is 2.17 bits per heavy atom. The van der Waals surface area contributed by atoms with Crippen LogP contribution in [0.3, 0.4) is 0 Å². The monoisotopic (exact) mass is 251 g/mol. The Balaban J connectivity index is 2.13. The number of ether oxygens (including phenoxy) is 2. The Morgan fingerprint density at radius 3 is 2.72 bits per heavy atom. The van der Waals surface area contributed by atoms with Gasteiger partial charge in [0.1, 0.15) is 11.7 Å². The number of aromatic amines is 1. The molecule has 2 unspecified atom stereocenters. The van der Waals surface area contributed by atoms with Crippen molar-refractivity contribution < 1.29 is 19.1 Å². The zero-order chi connectivity index (χ0) is 13.3. The lowest BCUT2D eigenvalue weighted by Crippen LogP contribution is -2.27. The molecule has 0 spiro atoms. The molecule has 0 bridgehead atoms. The molecular formula is C12H13NO5. The maximum Gasteiger partial charge on any atom is 0.347 e. The van der Waals surface area contributed by atoms with Gasteiger partial charge in [0.05, 0.1) is 0 Å². The van der Waals surface area contributed by atoms with Crippen LogP contribution in [-0.2, 0) is 14.3 Å². The van der Waals surface area contributed by atoms with E-state index in [9.17, 15) is 14.4 Å². The Morgan fingerprint density at radius 1 is 1.44 bits per heavy atom. The van der Waals surface area contributed by atoms with Crippen LogP contribution in [0.15, 0.2) is 16.9 Å². The molecule has 1 fully saturated rings. The van der Waals surface area contributed by atoms with E-state index in [0.717, 1.165) is 0 Å². The molecule has 18 heavy (non-hydrogen) atoms. The summed E-state index contributed by atoms with van der Waals surface area (Å²) < 4.78 is 9.83. The van der Waals surface area contributed by atoms with Crippen molar-refractivity contribution in [2.75, 3.05) is 0 Å². The number of H-pyrrole nitrogens is 1. The van der Waals surface area contributed by atoms with E-state index in [2.05, 4.69) is 4.98 Å². The van der Waals surface area contributed by atoms with Gasteiger partial charge in [-0.25, -0.2) is 9.59 Å². The molecule has 0 aromatic carbocycles. The minimum Gasteiger partial charge on any atom is -0.460 e. The fraction of sp³-hybridized carbons (Fsp3) is 0.417. The van der Waals surface area contributed by atoms with Crippen molar-refractivity contribution in [2.24, 2.45) is 0 Å². The maximum atomic E-state index is 11.7. The second-order valence-corrected chi connectivity index (χ2v) is 4.26. The number of cyclic esters (lactones) is 1. The average Bonchev–Trinajstić information content (AvgIpc) is 2.57. The quantitative estimate of drug-likeness (QED) is 0.775. The summed E-state index contributed by atoms with van der Waals surface area (Å²) in [6.45, 7) is 3.41. The van der Waals surface area contributed by atoms with Crippen molar-refractivity contribution >= 4 is 11.9 Å². The summed E-state index contributed by atoms with van der Waals surface area (Å²) in [5.41, 5.74) is -0.00202. The molecule has 1 N–H and O–H groups in total. The van der Waals surface area contributed by atoms with E-state index in [0.29, 0.717) is 12.1 Å². The molecule has 0 radical (unpaired) electrons. The zero-order valence-electron chi connectivity index (χ0n) is 10.1. The fourth-order valence-corrected chi connectivity index (χ4v) is 1.74. The Bertz CT molecular complexity index is 548. The van der Waals surface area contributed by atoms with Crippen LogP contribution in [0.5, 0.6) is 0 Å². The van der Waals surface area contributed by atoms with Crippen molar-refractivity contribution in [3.8, 4) is 0 Å². The Kier molecular flexibility index (Phi) is 3.18. The van der Waals surface area contributed by atoms with Gasteiger partial charge in [-0.3, -0.25) is 4.79 Å². The number of aromatic nitrogens is 1. The van der Waals surface area contributed by atoms with Gasteiger partial charge in [0.2, 0.25) is 6.10 Å². The third-order valence-corrected chi connectivity index (χ3v) is 2.65. The number of nitrogens with one attached hydrogen (secondary N) is 1. The summed E-state index contributed by atoms with van der Waals surface area (Å²) in [7, 11) is 0. The predicted molar refractivity (Wildman–Crippen MR) is 61.2 cm³/mol. The van der Waals surface area contributed by atoms with Crippen LogP contribution >= 0.6 is 0 Å². The summed E-state index contributed by atoms with van der Waals surface area (Å²) in [6.07, 6.45) is -0.881. The van der Waals surface area contributed by atoms with E-state index >= 15 is 0 Å². The van der Waals surface area contributed by atoms with Crippen molar-refractivity contribution in [1.29, 1.82) is 0 Å². The molecule has 6 nitrogen and oxygen atoms in total. The standard InChI is InChI=1S/C12H13NO5/c1-6-3-4-8(10(14)13-6)11(15)18-9-5-7(2)17-12(9)16/h3-4,7,9H,5H2,1-2H3,(H,13,14). The molecule has 1 aliphatic heterocycles. The van der Waals surface area contributed by atoms with Crippen LogP contribution in [-0.4, -0.2) is 29.1 Å². The highest BCUT2D eigenvalue weighted by atomic mass is 16.6. The van der Waals surface area contributed by atoms with Crippen LogP contribution in [0.4, 0.5) is 0 Å². The topological polar surface area (TPSA) is 85.5 Å². The first-order valence-corrected chi connectivity index (χ1v) is 5.59. The van der Waals surface area contributed by atoms with Gasteiger partial charge in [-0.15, -0.1) is 0 Å². The molecule has 1 saturated heterocycles. The molecule has 0 amide bonds. The Labute approximate surface area is 103 Å². The molecule has 1 aliphatic rings. The fourth-order valence-electron chi connectivity index (χ4n) is 1.74. The number of carbonyl (C=O) groups is 2. The Hall–Kier alpha value is -2.11. The molecule has 6 heteroatoms. The first-order valence-electron chi connectivity index (χ1n) is 5.59. The van der Waals surface area contributed by atoms with Gasteiger partial charge in [-0.2, -0.15) is 0 Å². The predicted octanol–water partition coefficient (Wildman–Crippen LogP) is 0.544. The number of esters is 2. The van der Waals surface area contributed by atoms with Crippen LogP contribution in [0, 0.1) is 6.92 Å². The van der Waals surface area contributed by atoms with Gasteiger partial charge in [0, 0.05) is 12.1 Å². The van der Waals surface area contributed by atoms with Crippen molar-refractivity contribution in [2.45, 2.75) is 32.5 Å². The summed E-state index contributed by atoms with van der Waals surface area (Å²) in [6, 6.07) is 2.97. The largest absolute Gasteiger partial charge is 0.460 e. The van der Waals surface area contributed by atoms with Crippen molar-refractivity contribution in [1.82, 2.24) is 4.98 Å². The first-order chi connectivity index (χ1) is 8.47. The molecule has 0 saturated carbocycles. The van der Waals surface area contributed by atoms with E-state index in [1.54, 1.807) is 19.9 Å². The third-order valence-electron chi connectivity index (χ3n) is 2.65. The van der Waals surface area contributed by atoms with E-state index in [4.69, 9.17) is 9.47 Å². The van der Waals surface area contributed by atoms with Gasteiger partial charge in [0.15, 0.2) is 0 Å². The number of carbonyl (C=O) groups excluding carboxylic acids is 2. The van der Waals surface area contributed by atoms with E-state index in [1.807, 2.05) is 0 Å². The number of rotatable bonds is 2. The SMILES string of the molecule is Cc1ccc(C(=O)OC2CC(C)OC2=O)c(=O)[nH]1. The van der Waals surface area contributed by atoms with Gasteiger partial charge in [0.25, 0.3) is 5.56 Å². The molecule has 1 aromatic rings. The number of pyridine rings is 1. The van der Waals surface area contributed by atoms with Gasteiger partial charge < -0.3 is 14.5 Å². The lowest BCUT2D eigenvalue weighted by Gasteiger charge is -2.07. The zero-order valence-corrected chi connectivity index (χ0v) is 10.1. The third kappa shape index (κ3) is 2.42. The minimum atomic E-state index is -0.923. The molecule has 0 aliphatic carbocycles. The summed E-state index contributed by atoms with van der Waals surface area (Å²) >= 11 is 0. The maximum absolute atomic E-state index is 11.7. The van der Waals surface area contributed by atoms with Crippen LogP contribution in [0.1, 0.15) is 29.4 Å². The molecule has 1 aromatic heterocycles. The lowest BCUT2D eigenvalue weighted by atomic mass is 10.2. The van der Waals surface area contributed by atoms with Crippen molar-refractivity contribution in [3.63, 3.8) is 0 Å². The molecule has 2 rings (SSSR count). The van der Waals surface area contributed by atoms with Crippen LogP contribution in [0.2, 0.25) is 0 Å². The second-order valence-electron chi connectivity index (χ2n) is 4.26. The smallest absolute Gasteiger partial charge is 0.347 e. The highest BCUT2D eigenvalue weighted by Crippen LogP contribution is 2.18. The molecule has 96 valence electrons. The molecule has 2 atom stereocenters. The van der Waals surface area contributed by atoms with Gasteiger partial charge in [-0.1, -0.05) is 0 Å². The van der Waals surface area contributed by atoms with E-state index in [-0.39, 0.29) is 11.7 Å². The summed E-state index contributed by atoms with van der Waals surface area (Å²) in [5, 5.41) is 0. The second kappa shape index (κ2) is 4.64. The van der Waals surface area contributed by atoms with E-state index in [1.165, 1.54) is 6.07 Å². The van der Waals surface area contributed by atoms with Crippen LogP contribution in [0.25, 0.3) is 0 Å². The highest BCUT2D eigenvalue weighted by Gasteiger charge is 2.35. The normalized spacial score (nSPS) is 22.7. The molecule has 2 heterocycles. The van der Waals surface area contributed by atoms with Gasteiger partial charge >= 0.3 is 11.9 Å². The first kappa shape index (κ1) is 12.3. The number of hydrogen-bond donors (Lipinski definition) is 1. The summed E-state index contributed by atoms with van der Waals surface area (Å²) in [5.74, 6) is -1.38. The molecular weight excluding hydrogens is 238 g/mol. The van der Waals surface area contributed by atoms with Crippen LogP contribution < -0.4 is 5.56 Å². The van der Waals surface area contributed by atoms with Crippen molar-refractivity contribution in [3.05, 3.63) is 33.7 Å². The van der Waals surface area contributed by atoms with Gasteiger partial charge in [-0.05, 0) is 26.0 Å².